The first-order chi connectivity index (χ1) is 12.5. The van der Waals surface area contributed by atoms with Crippen LogP contribution >= 0.6 is 11.8 Å². The summed E-state index contributed by atoms with van der Waals surface area (Å²) in [6.07, 6.45) is 0. The zero-order valence-corrected chi connectivity index (χ0v) is 15.5. The molecule has 1 atom stereocenters. The molecule has 0 heterocycles. The number of esters is 1. The van der Waals surface area contributed by atoms with Crippen molar-refractivity contribution in [3.05, 3.63) is 53.1 Å². The van der Waals surface area contributed by atoms with Crippen LogP contribution in [-0.2, 0) is 22.7 Å². The summed E-state index contributed by atoms with van der Waals surface area (Å²) in [5.74, 6) is 0.112. The molecule has 0 aliphatic rings. The van der Waals surface area contributed by atoms with Gasteiger partial charge < -0.3 is 24.8 Å². The lowest BCUT2D eigenvalue weighted by Crippen LogP contribution is -2.14. The molecule has 7 heteroatoms. The van der Waals surface area contributed by atoms with E-state index in [9.17, 15) is 20.1 Å². The molecule has 2 aromatic carbocycles. The summed E-state index contributed by atoms with van der Waals surface area (Å²) in [6, 6.07) is 9.83. The molecule has 0 saturated carbocycles. The Morgan fingerprint density at radius 3 is 2.38 bits per heavy atom. The summed E-state index contributed by atoms with van der Waals surface area (Å²) in [5, 5.41) is 27.9. The van der Waals surface area contributed by atoms with Gasteiger partial charge in [0.2, 0.25) is 0 Å². The number of carbonyl (C=O) groups is 1. The van der Waals surface area contributed by atoms with Gasteiger partial charge in [0.15, 0.2) is 0 Å². The fourth-order valence-electron chi connectivity index (χ4n) is 2.51. The fourth-order valence-corrected chi connectivity index (χ4v) is 3.51. The predicted octanol–water partition coefficient (Wildman–Crippen LogP) is 2.78. The van der Waals surface area contributed by atoms with Gasteiger partial charge in [-0.3, -0.25) is 4.79 Å². The van der Waals surface area contributed by atoms with Crippen molar-refractivity contribution >= 4 is 17.7 Å². The maximum Gasteiger partial charge on any atom is 0.323 e. The molecular weight excluding hydrogens is 356 g/mol. The standard InChI is InChI=1S/C19H22O6S/c1-3-25-19(23)18(26-15-6-4-14(22)5-7-15)12-8-13(10-20)16(11-21)17(9-12)24-2/h4-9,18,20-22H,3,10-11H2,1-2H3. The van der Waals surface area contributed by atoms with Gasteiger partial charge in [0.05, 0.1) is 26.9 Å². The normalized spacial score (nSPS) is 11.8. The number of phenolic OH excluding ortho intramolecular Hbond substituents is 1. The van der Waals surface area contributed by atoms with Gasteiger partial charge in [-0.05, 0) is 48.4 Å². The minimum Gasteiger partial charge on any atom is -0.508 e. The van der Waals surface area contributed by atoms with Crippen LogP contribution in [-0.4, -0.2) is 35.0 Å². The highest BCUT2D eigenvalue weighted by Crippen LogP contribution is 2.39. The number of methoxy groups -OCH3 is 1. The van der Waals surface area contributed by atoms with Crippen LogP contribution in [0, 0.1) is 0 Å². The molecule has 0 radical (unpaired) electrons. The van der Waals surface area contributed by atoms with Crippen LogP contribution in [0.3, 0.4) is 0 Å². The predicted molar refractivity (Wildman–Crippen MR) is 98.2 cm³/mol. The molecule has 3 N–H and O–H groups in total. The van der Waals surface area contributed by atoms with Crippen molar-refractivity contribution < 1.29 is 29.6 Å². The highest BCUT2D eigenvalue weighted by molar-refractivity contribution is 8.00. The Balaban J connectivity index is 2.47. The molecule has 0 bridgehead atoms. The number of carbonyl (C=O) groups excluding carboxylic acids is 1. The molecule has 6 nitrogen and oxygen atoms in total. The van der Waals surface area contributed by atoms with E-state index < -0.39 is 11.2 Å². The van der Waals surface area contributed by atoms with Crippen molar-refractivity contribution in [1.29, 1.82) is 0 Å². The van der Waals surface area contributed by atoms with Gasteiger partial charge in [-0.25, -0.2) is 0 Å². The smallest absolute Gasteiger partial charge is 0.323 e. The number of hydrogen-bond donors (Lipinski definition) is 3. The number of thioether (sulfide) groups is 1. The molecule has 0 aliphatic heterocycles. The van der Waals surface area contributed by atoms with E-state index in [1.54, 1.807) is 43.3 Å². The van der Waals surface area contributed by atoms with Gasteiger partial charge in [-0.15, -0.1) is 11.8 Å². The van der Waals surface area contributed by atoms with E-state index >= 15 is 0 Å². The monoisotopic (exact) mass is 378 g/mol. The van der Waals surface area contributed by atoms with Crippen molar-refractivity contribution in [3.63, 3.8) is 0 Å². The summed E-state index contributed by atoms with van der Waals surface area (Å²) < 4.78 is 10.5. The summed E-state index contributed by atoms with van der Waals surface area (Å²) in [7, 11) is 1.46. The molecule has 0 fully saturated rings. The van der Waals surface area contributed by atoms with Crippen molar-refractivity contribution in [2.24, 2.45) is 0 Å². The van der Waals surface area contributed by atoms with E-state index in [4.69, 9.17) is 9.47 Å². The van der Waals surface area contributed by atoms with Gasteiger partial charge >= 0.3 is 5.97 Å². The Morgan fingerprint density at radius 1 is 1.15 bits per heavy atom. The molecule has 0 aromatic heterocycles. The van der Waals surface area contributed by atoms with Gasteiger partial charge in [0.1, 0.15) is 16.7 Å². The Labute approximate surface area is 156 Å². The number of ether oxygens (including phenoxy) is 2. The highest BCUT2D eigenvalue weighted by Gasteiger charge is 2.26. The van der Waals surface area contributed by atoms with Crippen molar-refractivity contribution in [3.8, 4) is 11.5 Å². The lowest BCUT2D eigenvalue weighted by Gasteiger charge is -2.19. The molecule has 0 aliphatic carbocycles. The van der Waals surface area contributed by atoms with Crippen molar-refractivity contribution in [2.75, 3.05) is 13.7 Å². The Morgan fingerprint density at radius 2 is 1.85 bits per heavy atom. The van der Waals surface area contributed by atoms with Crippen LogP contribution < -0.4 is 4.74 Å². The largest absolute Gasteiger partial charge is 0.508 e. The molecule has 0 spiro atoms. The topological polar surface area (TPSA) is 96.2 Å². The molecule has 140 valence electrons. The fraction of sp³-hybridized carbons (Fsp3) is 0.316. The van der Waals surface area contributed by atoms with Crippen molar-refractivity contribution in [1.82, 2.24) is 0 Å². The maximum absolute atomic E-state index is 12.5. The van der Waals surface area contributed by atoms with Gasteiger partial charge in [-0.1, -0.05) is 6.07 Å². The zero-order chi connectivity index (χ0) is 19.1. The number of rotatable bonds is 8. The maximum atomic E-state index is 12.5. The Bertz CT molecular complexity index is 719. The average molecular weight is 378 g/mol. The average Bonchev–Trinajstić information content (AvgIpc) is 2.66. The van der Waals surface area contributed by atoms with E-state index in [0.29, 0.717) is 22.4 Å². The Kier molecular flexibility index (Phi) is 7.32. The van der Waals surface area contributed by atoms with Crippen LogP contribution in [0.5, 0.6) is 11.5 Å². The second kappa shape index (κ2) is 9.47. The highest BCUT2D eigenvalue weighted by atomic mass is 32.2. The van der Waals surface area contributed by atoms with E-state index in [2.05, 4.69) is 0 Å². The van der Waals surface area contributed by atoms with E-state index in [1.807, 2.05) is 0 Å². The van der Waals surface area contributed by atoms with E-state index in [-0.39, 0.29) is 25.6 Å². The third-order valence-corrected chi connectivity index (χ3v) is 5.01. The van der Waals surface area contributed by atoms with Crippen LogP contribution in [0.2, 0.25) is 0 Å². The first kappa shape index (κ1) is 20.1. The van der Waals surface area contributed by atoms with Crippen LogP contribution in [0.15, 0.2) is 41.3 Å². The summed E-state index contributed by atoms with van der Waals surface area (Å²) in [6.45, 7) is 1.40. The van der Waals surface area contributed by atoms with Crippen molar-refractivity contribution in [2.45, 2.75) is 30.3 Å². The quantitative estimate of drug-likeness (QED) is 0.480. The Hall–Kier alpha value is -2.22. The minimum atomic E-state index is -0.688. The molecule has 0 saturated heterocycles. The molecule has 1 unspecified atom stereocenters. The summed E-state index contributed by atoms with van der Waals surface area (Å²) in [4.78, 5) is 13.3. The molecule has 2 aromatic rings. The second-order valence-electron chi connectivity index (χ2n) is 5.42. The van der Waals surface area contributed by atoms with Gasteiger partial charge in [-0.2, -0.15) is 0 Å². The lowest BCUT2D eigenvalue weighted by atomic mass is 10.0. The van der Waals surface area contributed by atoms with Crippen LogP contribution in [0.4, 0.5) is 0 Å². The molecule has 26 heavy (non-hydrogen) atoms. The first-order valence-electron chi connectivity index (χ1n) is 8.07. The molecular formula is C19H22O6S. The van der Waals surface area contributed by atoms with E-state index in [1.165, 1.54) is 18.9 Å². The first-order valence-corrected chi connectivity index (χ1v) is 8.95. The molecule has 0 amide bonds. The number of hydrogen-bond acceptors (Lipinski definition) is 7. The third-order valence-electron chi connectivity index (χ3n) is 3.77. The second-order valence-corrected chi connectivity index (χ2v) is 6.60. The van der Waals surface area contributed by atoms with Crippen LogP contribution in [0.1, 0.15) is 28.9 Å². The number of aromatic hydroxyl groups is 1. The lowest BCUT2D eigenvalue weighted by molar-refractivity contribution is -0.142. The number of aliphatic hydroxyl groups is 2. The SMILES string of the molecule is CCOC(=O)C(Sc1ccc(O)cc1)c1cc(CO)c(CO)c(OC)c1. The van der Waals surface area contributed by atoms with E-state index in [0.717, 1.165) is 4.90 Å². The summed E-state index contributed by atoms with van der Waals surface area (Å²) >= 11 is 1.27. The van der Waals surface area contributed by atoms with Gasteiger partial charge in [0.25, 0.3) is 0 Å². The minimum absolute atomic E-state index is 0.138. The zero-order valence-electron chi connectivity index (χ0n) is 14.6. The number of phenols is 1. The van der Waals surface area contributed by atoms with Crippen LogP contribution in [0.25, 0.3) is 0 Å². The number of benzene rings is 2. The number of aliphatic hydroxyl groups excluding tert-OH is 2. The van der Waals surface area contributed by atoms with Gasteiger partial charge in [0, 0.05) is 10.5 Å². The summed E-state index contributed by atoms with van der Waals surface area (Å²) in [5.41, 5.74) is 1.57. The third kappa shape index (κ3) is 4.69. The molecule has 2 rings (SSSR count).